The SMILES string of the molecule is [Ce].[La].[Pr].[Y]. The van der Waals surface area contributed by atoms with Gasteiger partial charge in [-0.05, 0) is 0 Å². The molecule has 0 nitrogen and oxygen atoms in total. The predicted molar refractivity (Wildman–Crippen MR) is 0 cm³/mol. The van der Waals surface area contributed by atoms with Crippen molar-refractivity contribution in [3.05, 3.63) is 0 Å². The molecule has 0 aliphatic heterocycles. The van der Waals surface area contributed by atoms with Gasteiger partial charge in [-0.1, -0.05) is 0 Å². The van der Waals surface area contributed by atoms with Gasteiger partial charge in [0, 0.05) is 151 Å². The first kappa shape index (κ1) is 23.0. The van der Waals surface area contributed by atoms with Crippen LogP contribution in [-0.4, -0.2) is 0 Å². The van der Waals surface area contributed by atoms with Crippen LogP contribution in [0.25, 0.3) is 0 Å². The number of hydrogen-bond acceptors (Lipinski definition) is 0. The quantitative estimate of drug-likeness (QED) is 0.432. The zero-order chi connectivity index (χ0) is 0. The Bertz CT molecular complexity index is 8.00. The Kier molecular flexibility index (Phi) is 90.2. The number of hydrogen-bond donors (Lipinski definition) is 0. The molecule has 4 heavy (non-hydrogen) atoms. The van der Waals surface area contributed by atoms with E-state index >= 15 is 0 Å². The Labute approximate surface area is 146 Å². The van der Waals surface area contributed by atoms with Gasteiger partial charge in [0.25, 0.3) is 0 Å². The summed E-state index contributed by atoms with van der Waals surface area (Å²) in [5.41, 5.74) is 0. The van der Waals surface area contributed by atoms with Crippen molar-refractivity contribution in [2.24, 2.45) is 0 Å². The first-order valence-corrected chi connectivity index (χ1v) is 0. The fourth-order valence-electron chi connectivity index (χ4n) is 0. The smallest absolute Gasteiger partial charge is 0 e. The number of rotatable bonds is 0. The van der Waals surface area contributed by atoms with E-state index in [9.17, 15) is 0 Å². The van der Waals surface area contributed by atoms with Crippen molar-refractivity contribution in [2.75, 3.05) is 0 Å². The first-order chi connectivity index (χ1) is 0. The largest absolute Gasteiger partial charge is 0 e. The van der Waals surface area contributed by atoms with Crippen molar-refractivity contribution >= 4 is 0 Å². The molecule has 0 aromatic rings. The van der Waals surface area contributed by atoms with Crippen LogP contribution in [0.5, 0.6) is 0 Å². The predicted octanol–water partition coefficient (Wildman–Crippen LogP) is -0.00250. The van der Waals surface area contributed by atoms with Crippen LogP contribution in [0.1, 0.15) is 0 Å². The van der Waals surface area contributed by atoms with Crippen molar-refractivity contribution < 1.29 is 151 Å². The van der Waals surface area contributed by atoms with Crippen molar-refractivity contribution in [3.63, 3.8) is 0 Å². The maximum atomic E-state index is 0. The third-order valence-corrected chi connectivity index (χ3v) is 0. The summed E-state index contributed by atoms with van der Waals surface area (Å²) in [5, 5.41) is 0. The minimum absolute atomic E-state index is 0. The van der Waals surface area contributed by atoms with E-state index in [2.05, 4.69) is 0 Å². The summed E-state index contributed by atoms with van der Waals surface area (Å²) in [4.78, 5) is 0. The van der Waals surface area contributed by atoms with Crippen LogP contribution in [0.4, 0.5) is 0 Å². The molecule has 0 heterocycles. The summed E-state index contributed by atoms with van der Waals surface area (Å²) >= 11 is 0. The summed E-state index contributed by atoms with van der Waals surface area (Å²) < 4.78 is 0. The molecule has 4 heteroatoms. The molecule has 0 spiro atoms. The van der Waals surface area contributed by atoms with Gasteiger partial charge in [0.2, 0.25) is 0 Å². The van der Waals surface area contributed by atoms with Crippen LogP contribution in [-0.2, 0) is 32.7 Å². The second-order valence-corrected chi connectivity index (χ2v) is 0. The van der Waals surface area contributed by atoms with Gasteiger partial charge in [-0.15, -0.1) is 0 Å². The Morgan fingerprint density at radius 1 is 1.00 bits per heavy atom. The molecular weight excluding hydrogens is 509 g/mol. The third-order valence-electron chi connectivity index (χ3n) is 0. The average molecular weight is 509 g/mol. The van der Waals surface area contributed by atoms with Crippen molar-refractivity contribution in [1.82, 2.24) is 0 Å². The molecule has 0 N–H and O–H groups in total. The Morgan fingerprint density at radius 3 is 1.00 bits per heavy atom. The second-order valence-electron chi connectivity index (χ2n) is 0. The normalized spacial score (nSPS) is 0. The Balaban J connectivity index is 0. The zero-order valence-corrected chi connectivity index (χ0v) is 15.5. The first-order valence-electron chi connectivity index (χ1n) is 0. The van der Waals surface area contributed by atoms with Crippen LogP contribution in [0.2, 0.25) is 0 Å². The zero-order valence-electron chi connectivity index (χ0n) is 2.23. The van der Waals surface area contributed by atoms with E-state index in [1.807, 2.05) is 0 Å². The topological polar surface area (TPSA) is 0 Å². The fourth-order valence-corrected chi connectivity index (χ4v) is 0. The fraction of sp³-hybridized carbons (Fsp3) is 0. The molecule has 0 rings (SSSR count). The molecule has 0 aliphatic carbocycles. The summed E-state index contributed by atoms with van der Waals surface area (Å²) in [7, 11) is 0. The Morgan fingerprint density at radius 2 is 1.00 bits per heavy atom. The van der Waals surface area contributed by atoms with Gasteiger partial charge in [-0.3, -0.25) is 0 Å². The van der Waals surface area contributed by atoms with E-state index in [4.69, 9.17) is 0 Å². The maximum Gasteiger partial charge on any atom is 0 e. The summed E-state index contributed by atoms with van der Waals surface area (Å²) in [6, 6.07) is 0. The van der Waals surface area contributed by atoms with Gasteiger partial charge in [0.15, 0.2) is 0 Å². The van der Waals surface area contributed by atoms with Crippen LogP contribution in [0.15, 0.2) is 0 Å². The van der Waals surface area contributed by atoms with Gasteiger partial charge >= 0.3 is 0 Å². The van der Waals surface area contributed by atoms with E-state index in [1.165, 1.54) is 0 Å². The van der Waals surface area contributed by atoms with Crippen molar-refractivity contribution in [1.29, 1.82) is 0 Å². The van der Waals surface area contributed by atoms with Crippen LogP contribution < -0.4 is 0 Å². The van der Waals surface area contributed by atoms with E-state index in [0.29, 0.717) is 0 Å². The van der Waals surface area contributed by atoms with E-state index in [0.717, 1.165) is 0 Å². The minimum Gasteiger partial charge on any atom is 0 e. The molecule has 0 aromatic carbocycles. The third kappa shape index (κ3) is 10.1. The van der Waals surface area contributed by atoms with Gasteiger partial charge in [0.1, 0.15) is 0 Å². The molecule has 3 radical (unpaired) electrons. The molecule has 0 bridgehead atoms. The molecule has 0 aromatic heterocycles. The molecule has 0 atom stereocenters. The van der Waals surface area contributed by atoms with Crippen molar-refractivity contribution in [3.8, 4) is 0 Å². The average Bonchev–Trinajstić information content (AvgIpc) is 0. The summed E-state index contributed by atoms with van der Waals surface area (Å²) in [5.74, 6) is 0. The molecular formula is CeLaPrY. The monoisotopic (exact) mass is 509 g/mol. The minimum atomic E-state index is 0. The van der Waals surface area contributed by atoms with Crippen LogP contribution >= 0.6 is 0 Å². The Hall–Kier alpha value is 5.04. The molecule has 0 saturated heterocycles. The van der Waals surface area contributed by atoms with E-state index in [-0.39, 0.29) is 151 Å². The van der Waals surface area contributed by atoms with E-state index in [1.54, 1.807) is 0 Å². The van der Waals surface area contributed by atoms with Crippen LogP contribution in [0, 0.1) is 119 Å². The summed E-state index contributed by atoms with van der Waals surface area (Å²) in [6.07, 6.45) is 0. The van der Waals surface area contributed by atoms with Crippen LogP contribution in [0.3, 0.4) is 0 Å². The van der Waals surface area contributed by atoms with Crippen molar-refractivity contribution in [2.45, 2.75) is 0 Å². The molecule has 0 saturated carbocycles. The van der Waals surface area contributed by atoms with E-state index < -0.39 is 0 Å². The molecule has 0 amide bonds. The molecule has 0 unspecified atom stereocenters. The second kappa shape index (κ2) is 15.7. The van der Waals surface area contributed by atoms with Gasteiger partial charge < -0.3 is 0 Å². The maximum absolute atomic E-state index is 0. The van der Waals surface area contributed by atoms with Gasteiger partial charge in [-0.2, -0.15) is 0 Å². The molecule has 13 valence electrons. The van der Waals surface area contributed by atoms with Gasteiger partial charge in [0.05, 0.1) is 0 Å². The van der Waals surface area contributed by atoms with Gasteiger partial charge in [-0.25, -0.2) is 0 Å². The molecule has 0 fully saturated rings. The molecule has 0 aliphatic rings. The standard InChI is InChI=1S/Ce.La.Pr.Y. The summed E-state index contributed by atoms with van der Waals surface area (Å²) in [6.45, 7) is 0.